The van der Waals surface area contributed by atoms with Crippen molar-refractivity contribution in [3.63, 3.8) is 0 Å². The lowest BCUT2D eigenvalue weighted by atomic mass is 9.89. The normalized spacial score (nSPS) is 14.9. The van der Waals surface area contributed by atoms with Crippen molar-refractivity contribution in [3.05, 3.63) is 40.6 Å². The maximum Gasteiger partial charge on any atom is 0.338 e. The van der Waals surface area contributed by atoms with Crippen molar-refractivity contribution in [1.82, 2.24) is 0 Å². The first kappa shape index (κ1) is 13.2. The van der Waals surface area contributed by atoms with Crippen LogP contribution in [0.3, 0.4) is 0 Å². The van der Waals surface area contributed by atoms with E-state index >= 15 is 0 Å². The van der Waals surface area contributed by atoms with Gasteiger partial charge < -0.3 is 9.84 Å². The summed E-state index contributed by atoms with van der Waals surface area (Å²) in [5, 5.41) is 18.9. The molecule has 1 N–H and O–H groups in total. The molecule has 0 saturated carbocycles. The number of hydrogen-bond acceptors (Lipinski definition) is 4. The average molecular weight is 257 g/mol. The van der Waals surface area contributed by atoms with Crippen LogP contribution in [0.25, 0.3) is 5.57 Å². The number of allylic oxidation sites excluding steroid dienone is 2. The second-order valence-electron chi connectivity index (χ2n) is 4.50. The Hall–Kier alpha value is -2.28. The number of benzene rings is 1. The van der Waals surface area contributed by atoms with Crippen LogP contribution < -0.4 is 0 Å². The largest absolute Gasteiger partial charge is 0.512 e. The molecule has 19 heavy (non-hydrogen) atoms. The van der Waals surface area contributed by atoms with E-state index in [9.17, 15) is 9.90 Å². The Balaban J connectivity index is 2.57. The number of carbonyl (C=O) groups is 1. The maximum atomic E-state index is 11.8. The van der Waals surface area contributed by atoms with E-state index < -0.39 is 5.97 Å². The van der Waals surface area contributed by atoms with Crippen LogP contribution >= 0.6 is 0 Å². The SMILES string of the molecule is COC(=O)c1cc(C#N)ccc1C1=C(O)CCCC1. The molecule has 1 aliphatic carbocycles. The Kier molecular flexibility index (Phi) is 3.86. The van der Waals surface area contributed by atoms with Gasteiger partial charge in [-0.25, -0.2) is 4.79 Å². The highest BCUT2D eigenvalue weighted by molar-refractivity contribution is 5.96. The summed E-state index contributed by atoms with van der Waals surface area (Å²) < 4.78 is 4.75. The summed E-state index contributed by atoms with van der Waals surface area (Å²) in [6.07, 6.45) is 3.32. The van der Waals surface area contributed by atoms with E-state index in [1.807, 2.05) is 6.07 Å². The molecule has 0 saturated heterocycles. The van der Waals surface area contributed by atoms with Gasteiger partial charge in [0.15, 0.2) is 0 Å². The molecule has 0 heterocycles. The number of esters is 1. The predicted octanol–water partition coefficient (Wildman–Crippen LogP) is 3.19. The second kappa shape index (κ2) is 5.57. The van der Waals surface area contributed by atoms with E-state index in [1.165, 1.54) is 13.2 Å². The monoisotopic (exact) mass is 257 g/mol. The molecule has 0 fully saturated rings. The zero-order chi connectivity index (χ0) is 13.8. The molecule has 0 aromatic heterocycles. The summed E-state index contributed by atoms with van der Waals surface area (Å²) in [6, 6.07) is 6.87. The van der Waals surface area contributed by atoms with Crippen LogP contribution in [0.15, 0.2) is 24.0 Å². The van der Waals surface area contributed by atoms with Crippen LogP contribution in [0, 0.1) is 11.3 Å². The van der Waals surface area contributed by atoms with Crippen LogP contribution in [-0.2, 0) is 4.74 Å². The van der Waals surface area contributed by atoms with Crippen molar-refractivity contribution < 1.29 is 14.6 Å². The number of aliphatic hydroxyl groups excluding tert-OH is 1. The minimum atomic E-state index is -0.488. The predicted molar refractivity (Wildman–Crippen MR) is 70.5 cm³/mol. The van der Waals surface area contributed by atoms with Gasteiger partial charge in [-0.05, 0) is 42.5 Å². The Morgan fingerprint density at radius 3 is 2.74 bits per heavy atom. The second-order valence-corrected chi connectivity index (χ2v) is 4.50. The van der Waals surface area contributed by atoms with Crippen LogP contribution in [-0.4, -0.2) is 18.2 Å². The highest BCUT2D eigenvalue weighted by atomic mass is 16.5. The van der Waals surface area contributed by atoms with E-state index in [0.717, 1.165) is 24.8 Å². The highest BCUT2D eigenvalue weighted by Crippen LogP contribution is 2.33. The van der Waals surface area contributed by atoms with Gasteiger partial charge in [0, 0.05) is 6.42 Å². The van der Waals surface area contributed by atoms with E-state index in [2.05, 4.69) is 0 Å². The van der Waals surface area contributed by atoms with Gasteiger partial charge in [0.1, 0.15) is 0 Å². The van der Waals surface area contributed by atoms with Crippen molar-refractivity contribution in [3.8, 4) is 6.07 Å². The number of hydrogen-bond donors (Lipinski definition) is 1. The lowest BCUT2D eigenvalue weighted by Gasteiger charge is -2.18. The molecule has 0 aliphatic heterocycles. The number of methoxy groups -OCH3 is 1. The summed E-state index contributed by atoms with van der Waals surface area (Å²) in [5.74, 6) is -0.154. The Morgan fingerprint density at radius 1 is 1.37 bits per heavy atom. The Morgan fingerprint density at radius 2 is 2.11 bits per heavy atom. The van der Waals surface area contributed by atoms with Gasteiger partial charge in [-0.15, -0.1) is 0 Å². The number of aliphatic hydroxyl groups is 1. The van der Waals surface area contributed by atoms with Crippen molar-refractivity contribution in [2.45, 2.75) is 25.7 Å². The Labute approximate surface area is 111 Å². The molecule has 0 spiro atoms. The fraction of sp³-hybridized carbons (Fsp3) is 0.333. The van der Waals surface area contributed by atoms with Crippen molar-refractivity contribution in [2.24, 2.45) is 0 Å². The third kappa shape index (κ3) is 2.60. The van der Waals surface area contributed by atoms with Crippen LogP contribution in [0.1, 0.15) is 47.2 Å². The molecule has 1 aromatic carbocycles. The lowest BCUT2D eigenvalue weighted by Crippen LogP contribution is -2.08. The molecule has 4 heteroatoms. The number of nitriles is 1. The first-order chi connectivity index (χ1) is 9.17. The molecule has 0 unspecified atom stereocenters. The van der Waals surface area contributed by atoms with Gasteiger partial charge in [-0.1, -0.05) is 6.07 Å². The van der Waals surface area contributed by atoms with Crippen LogP contribution in [0.5, 0.6) is 0 Å². The number of rotatable bonds is 2. The fourth-order valence-corrected chi connectivity index (χ4v) is 2.34. The standard InChI is InChI=1S/C15H15NO3/c1-19-15(18)13-8-10(9-16)6-7-11(13)12-4-2-3-5-14(12)17/h6-8,17H,2-5H2,1H3. The van der Waals surface area contributed by atoms with E-state index in [4.69, 9.17) is 10.00 Å². The summed E-state index contributed by atoms with van der Waals surface area (Å²) in [5.41, 5.74) is 2.20. The topological polar surface area (TPSA) is 70.3 Å². The van der Waals surface area contributed by atoms with Gasteiger partial charge >= 0.3 is 5.97 Å². The summed E-state index contributed by atoms with van der Waals surface area (Å²) in [6.45, 7) is 0. The molecule has 0 bridgehead atoms. The molecular formula is C15H15NO3. The van der Waals surface area contributed by atoms with Crippen molar-refractivity contribution in [1.29, 1.82) is 5.26 Å². The summed E-state index contributed by atoms with van der Waals surface area (Å²) >= 11 is 0. The molecule has 4 nitrogen and oxygen atoms in total. The summed E-state index contributed by atoms with van der Waals surface area (Å²) in [7, 11) is 1.31. The van der Waals surface area contributed by atoms with Crippen LogP contribution in [0.4, 0.5) is 0 Å². The summed E-state index contributed by atoms with van der Waals surface area (Å²) in [4.78, 5) is 11.8. The minimum Gasteiger partial charge on any atom is -0.512 e. The number of carbonyl (C=O) groups excluding carboxylic acids is 1. The molecule has 2 rings (SSSR count). The average Bonchev–Trinajstić information content (AvgIpc) is 2.46. The Bertz CT molecular complexity index is 582. The quantitative estimate of drug-likeness (QED) is 0.826. The van der Waals surface area contributed by atoms with Gasteiger partial charge in [-0.3, -0.25) is 0 Å². The molecule has 0 amide bonds. The third-order valence-corrected chi connectivity index (χ3v) is 3.32. The van der Waals surface area contributed by atoms with Gasteiger partial charge in [-0.2, -0.15) is 5.26 Å². The highest BCUT2D eigenvalue weighted by Gasteiger charge is 2.20. The van der Waals surface area contributed by atoms with Gasteiger partial charge in [0.2, 0.25) is 0 Å². The third-order valence-electron chi connectivity index (χ3n) is 3.32. The molecule has 0 atom stereocenters. The molecule has 98 valence electrons. The van der Waals surface area contributed by atoms with E-state index in [-0.39, 0.29) is 0 Å². The number of nitrogens with zero attached hydrogens (tertiary/aromatic N) is 1. The molecule has 0 radical (unpaired) electrons. The van der Waals surface area contributed by atoms with E-state index in [0.29, 0.717) is 28.9 Å². The number of ether oxygens (including phenoxy) is 1. The molecule has 1 aromatic rings. The molecule has 1 aliphatic rings. The van der Waals surface area contributed by atoms with Gasteiger partial charge in [0.25, 0.3) is 0 Å². The molecular weight excluding hydrogens is 242 g/mol. The van der Waals surface area contributed by atoms with Gasteiger partial charge in [0.05, 0.1) is 30.1 Å². The smallest absolute Gasteiger partial charge is 0.338 e. The zero-order valence-electron chi connectivity index (χ0n) is 10.8. The lowest BCUT2D eigenvalue weighted by molar-refractivity contribution is 0.0600. The van der Waals surface area contributed by atoms with E-state index in [1.54, 1.807) is 12.1 Å². The van der Waals surface area contributed by atoms with Crippen molar-refractivity contribution >= 4 is 11.5 Å². The first-order valence-electron chi connectivity index (χ1n) is 6.21. The first-order valence-corrected chi connectivity index (χ1v) is 6.21. The van der Waals surface area contributed by atoms with Crippen LogP contribution in [0.2, 0.25) is 0 Å². The minimum absolute atomic E-state index is 0.334. The maximum absolute atomic E-state index is 11.8. The zero-order valence-corrected chi connectivity index (χ0v) is 10.8. The fourth-order valence-electron chi connectivity index (χ4n) is 2.34. The van der Waals surface area contributed by atoms with Crippen molar-refractivity contribution in [2.75, 3.05) is 7.11 Å².